The van der Waals surface area contributed by atoms with E-state index in [9.17, 15) is 30.4 Å². The summed E-state index contributed by atoms with van der Waals surface area (Å²) in [6.07, 6.45) is 4.81. The van der Waals surface area contributed by atoms with E-state index in [1.165, 1.54) is 40.6 Å². The molecule has 3 atom stereocenters. The van der Waals surface area contributed by atoms with Crippen LogP contribution in [0.25, 0.3) is 5.57 Å². The van der Waals surface area contributed by atoms with Crippen LogP contribution in [0.3, 0.4) is 0 Å². The van der Waals surface area contributed by atoms with Crippen LogP contribution in [-0.2, 0) is 24.6 Å². The van der Waals surface area contributed by atoms with E-state index >= 15 is 0 Å². The number of anilines is 2. The lowest BCUT2D eigenvalue weighted by Crippen LogP contribution is -2.47. The number of nitrogens with one attached hydrogen (secondary N) is 2. The summed E-state index contributed by atoms with van der Waals surface area (Å²) in [5.41, 5.74) is 4.99. The molecule has 3 saturated heterocycles. The average Bonchev–Trinajstić information content (AvgIpc) is 3.92. The predicted molar refractivity (Wildman–Crippen MR) is 259 cm³/mol. The number of fused-ring (bicyclic) bond motifs is 2. The highest BCUT2D eigenvalue weighted by Crippen LogP contribution is 2.43. The number of sulfonamides is 1. The normalized spacial score (nSPS) is 21.0. The number of amides is 1. The predicted octanol–water partition coefficient (Wildman–Crippen LogP) is 9.24. The van der Waals surface area contributed by atoms with Gasteiger partial charge >= 0.3 is 4.71 Å². The number of alkyl halides is 3. The van der Waals surface area contributed by atoms with Crippen molar-refractivity contribution in [2.24, 2.45) is 5.41 Å². The molecule has 0 radical (unpaired) electrons. The Labute approximate surface area is 401 Å². The van der Waals surface area contributed by atoms with Crippen molar-refractivity contribution in [2.75, 3.05) is 68.4 Å². The summed E-state index contributed by atoms with van der Waals surface area (Å²) in [7, 11) is -10.4. The molecule has 3 aliphatic heterocycles. The fraction of sp³-hybridized carbons (Fsp3) is 0.438. The number of morpholine rings is 1. The minimum absolute atomic E-state index is 0.0394. The van der Waals surface area contributed by atoms with E-state index < -0.39 is 46.3 Å². The molecule has 4 aliphatic rings. The van der Waals surface area contributed by atoms with Crippen LogP contribution in [0.4, 0.5) is 20.2 Å². The Morgan fingerprint density at radius 1 is 0.955 bits per heavy atom. The van der Waals surface area contributed by atoms with E-state index in [2.05, 4.69) is 46.0 Å². The van der Waals surface area contributed by atoms with Gasteiger partial charge in [0.25, 0.3) is 25.8 Å². The van der Waals surface area contributed by atoms with Gasteiger partial charge in [0.1, 0.15) is 0 Å². The molecule has 11 nitrogen and oxygen atoms in total. The van der Waals surface area contributed by atoms with Crippen LogP contribution in [0.5, 0.6) is 0 Å². The molecule has 0 spiro atoms. The third kappa shape index (κ3) is 11.6. The monoisotopic (exact) mass is 1000 g/mol. The molecule has 1 aliphatic carbocycles. The molecule has 1 amide bonds. The molecule has 66 heavy (non-hydrogen) atoms. The van der Waals surface area contributed by atoms with Crippen molar-refractivity contribution in [1.29, 1.82) is 0 Å². The minimum Gasteiger partial charge on any atom is -0.380 e. The molecule has 0 saturated carbocycles. The van der Waals surface area contributed by atoms with E-state index in [0.717, 1.165) is 92.7 Å². The van der Waals surface area contributed by atoms with Crippen LogP contribution >= 0.6 is 35.0 Å². The molecule has 2 bridgehead atoms. The number of carbonyl (C=O) groups excluding carboxylic acids is 1. The van der Waals surface area contributed by atoms with Crippen molar-refractivity contribution in [3.8, 4) is 0 Å². The van der Waals surface area contributed by atoms with Crippen molar-refractivity contribution in [3.05, 3.63) is 119 Å². The fourth-order valence-corrected chi connectivity index (χ4v) is 12.8. The molecule has 3 fully saturated rings. The van der Waals surface area contributed by atoms with Gasteiger partial charge < -0.3 is 15.0 Å². The maximum absolute atomic E-state index is 14.7. The molecule has 3 heterocycles. The highest BCUT2D eigenvalue weighted by molar-refractivity contribution is 7.99. The smallest absolute Gasteiger partial charge is 0.380 e. The molecule has 18 heteroatoms. The van der Waals surface area contributed by atoms with Gasteiger partial charge in [-0.25, -0.2) is 21.6 Å². The number of thioether (sulfide) groups is 1. The number of carbonyl (C=O) groups is 1. The Morgan fingerprint density at radius 2 is 1.67 bits per heavy atom. The molecule has 2 unspecified atom stereocenters. The number of piperazine rings is 1. The minimum atomic E-state index is -5.62. The quantitative estimate of drug-likeness (QED) is 0.0777. The van der Waals surface area contributed by atoms with E-state index in [1.807, 2.05) is 47.2 Å². The van der Waals surface area contributed by atoms with Crippen LogP contribution in [0.2, 0.25) is 5.02 Å². The summed E-state index contributed by atoms with van der Waals surface area (Å²) in [5, 5.41) is 3.85. The van der Waals surface area contributed by atoms with Crippen molar-refractivity contribution < 1.29 is 35.1 Å². The first-order valence-electron chi connectivity index (χ1n) is 22.2. The fourth-order valence-electron chi connectivity index (χ4n) is 9.40. The second-order valence-electron chi connectivity index (χ2n) is 18.4. The molecule has 4 aromatic rings. The number of allylic oxidation sites excluding steroid dienone is 1. The Hall–Kier alpha value is -3.74. The Kier molecular flexibility index (Phi) is 14.8. The van der Waals surface area contributed by atoms with Crippen molar-refractivity contribution in [2.45, 2.75) is 83.5 Å². The molecule has 0 aromatic heterocycles. The first-order chi connectivity index (χ1) is 31.3. The topological polar surface area (TPSA) is 128 Å². The Bertz CT molecular complexity index is 2630. The van der Waals surface area contributed by atoms with E-state index in [4.69, 9.17) is 27.9 Å². The van der Waals surface area contributed by atoms with Gasteiger partial charge in [0.2, 0.25) is 0 Å². The molecule has 8 rings (SSSR count). The molecular weight excluding hydrogens is 948 g/mol. The van der Waals surface area contributed by atoms with Gasteiger partial charge in [-0.05, 0) is 127 Å². The lowest BCUT2D eigenvalue weighted by molar-refractivity contribution is 0.0299. The van der Waals surface area contributed by atoms with Crippen molar-refractivity contribution in [3.63, 3.8) is 0 Å². The summed E-state index contributed by atoms with van der Waals surface area (Å²) in [4.78, 5) is 19.7. The standard InChI is InChI=1S/C48H55Cl2F2N5O6S3/c1-47(2)20-18-43(33-8-12-36(49)13-9-33)35(28-47)29-55-22-24-56(25-23-55)38-14-10-34(11-15-38)46(58)54-66(61,62)42-16-17-44(45(27-42)65(59,60)48(50,51)52)53-37(32-64-41-6-4-3-5-7-41)19-21-57-30-40-26-39(57)31-63-40/h3-17,27,37,39-40,53H,18-26,28-32H2,1-2H3,(H,54,58)/t37?,39?,40-/m1/s1. The molecular formula is C48H55Cl2F2N5O6S3. The maximum atomic E-state index is 14.7. The summed E-state index contributed by atoms with van der Waals surface area (Å²) in [6, 6.07) is 26.9. The Morgan fingerprint density at radius 3 is 2.32 bits per heavy atom. The van der Waals surface area contributed by atoms with Crippen LogP contribution in [0.1, 0.15) is 61.9 Å². The first kappa shape index (κ1) is 48.7. The number of nitrogens with zero attached hydrogens (tertiary/aromatic N) is 3. The molecule has 2 N–H and O–H groups in total. The maximum Gasteiger partial charge on any atom is 0.427 e. The number of hydrogen-bond donors (Lipinski definition) is 2. The van der Waals surface area contributed by atoms with Gasteiger partial charge in [0, 0.05) is 84.8 Å². The van der Waals surface area contributed by atoms with E-state index in [0.29, 0.717) is 31.4 Å². The van der Waals surface area contributed by atoms with E-state index in [-0.39, 0.29) is 28.8 Å². The molecule has 354 valence electrons. The van der Waals surface area contributed by atoms with Crippen LogP contribution < -0.4 is 14.9 Å². The second-order valence-corrected chi connectivity index (χ2v) is 24.2. The van der Waals surface area contributed by atoms with Gasteiger partial charge in [0.05, 0.1) is 28.2 Å². The third-order valence-corrected chi connectivity index (χ3v) is 18.0. The van der Waals surface area contributed by atoms with Gasteiger partial charge in [-0.2, -0.15) is 8.78 Å². The summed E-state index contributed by atoms with van der Waals surface area (Å²) >= 11 is 12.9. The van der Waals surface area contributed by atoms with Gasteiger partial charge in [0.15, 0.2) is 0 Å². The lowest BCUT2D eigenvalue weighted by atomic mass is 9.73. The van der Waals surface area contributed by atoms with Crippen LogP contribution in [0.15, 0.2) is 117 Å². The summed E-state index contributed by atoms with van der Waals surface area (Å²) < 4.78 is 86.3. The first-order valence-corrected chi connectivity index (χ1v) is 26.9. The van der Waals surface area contributed by atoms with E-state index in [1.54, 1.807) is 12.1 Å². The zero-order valence-electron chi connectivity index (χ0n) is 36.9. The number of benzene rings is 4. The Balaban J connectivity index is 0.931. The number of halogens is 4. The lowest BCUT2D eigenvalue weighted by Gasteiger charge is -2.39. The zero-order valence-corrected chi connectivity index (χ0v) is 40.9. The zero-order chi connectivity index (χ0) is 46.9. The van der Waals surface area contributed by atoms with Crippen molar-refractivity contribution >= 4 is 77.7 Å². The number of likely N-dealkylation sites (tertiary alicyclic amines) is 1. The number of rotatable bonds is 17. The van der Waals surface area contributed by atoms with Gasteiger partial charge in [-0.3, -0.25) is 14.6 Å². The third-order valence-electron chi connectivity index (χ3n) is 13.1. The van der Waals surface area contributed by atoms with Crippen molar-refractivity contribution in [1.82, 2.24) is 14.5 Å². The highest BCUT2D eigenvalue weighted by Gasteiger charge is 2.46. The summed E-state index contributed by atoms with van der Waals surface area (Å²) in [5.74, 6) is -0.534. The number of hydrogen-bond acceptors (Lipinski definition) is 11. The van der Waals surface area contributed by atoms with Crippen LogP contribution in [-0.4, -0.2) is 114 Å². The number of ether oxygens (including phenoxy) is 1. The average molecular weight is 1000 g/mol. The largest absolute Gasteiger partial charge is 0.427 e. The SMILES string of the molecule is CC1(C)CCC(c2ccc(Cl)cc2)=C(CN2CCN(c3ccc(C(=O)NS(=O)(=O)c4ccc(NC(CCN5C[C@H]6CC5CO6)CSc5ccccc5)c(S(=O)(=O)C(F)(F)Cl)c4)cc3)CC2)C1. The molecule has 4 aromatic carbocycles. The number of sulfone groups is 1. The second kappa shape index (κ2) is 20.1. The van der Waals surface area contributed by atoms with Crippen LogP contribution in [0, 0.1) is 5.41 Å². The van der Waals surface area contributed by atoms with Gasteiger partial charge in [-0.15, -0.1) is 11.8 Å². The summed E-state index contributed by atoms with van der Waals surface area (Å²) in [6.45, 7) is 10.8. The highest BCUT2D eigenvalue weighted by atomic mass is 35.5. The van der Waals surface area contributed by atoms with Gasteiger partial charge in [-0.1, -0.05) is 61.4 Å².